The van der Waals surface area contributed by atoms with Crippen molar-refractivity contribution in [3.63, 3.8) is 0 Å². The van der Waals surface area contributed by atoms with Crippen LogP contribution >= 0.6 is 11.6 Å². The van der Waals surface area contributed by atoms with Gasteiger partial charge in [-0.05, 0) is 23.6 Å². The van der Waals surface area contributed by atoms with Crippen LogP contribution in [0.5, 0.6) is 5.75 Å². The molecule has 1 aromatic rings. The first-order chi connectivity index (χ1) is 7.27. The van der Waals surface area contributed by atoms with E-state index in [9.17, 15) is 0 Å². The molecule has 0 saturated heterocycles. The van der Waals surface area contributed by atoms with Crippen LogP contribution < -0.4 is 4.74 Å². The summed E-state index contributed by atoms with van der Waals surface area (Å²) >= 11 is 5.62. The molecule has 0 aromatic heterocycles. The van der Waals surface area contributed by atoms with E-state index in [0.29, 0.717) is 12.5 Å². The van der Waals surface area contributed by atoms with Crippen LogP contribution in [0.3, 0.4) is 0 Å². The number of benzene rings is 1. The molecule has 0 radical (unpaired) electrons. The second-order valence-corrected chi connectivity index (χ2v) is 3.54. The Balaban J connectivity index is 2.66. The van der Waals surface area contributed by atoms with Gasteiger partial charge in [0.1, 0.15) is 12.4 Å². The zero-order chi connectivity index (χ0) is 11.1. The fraction of sp³-hybridized carbons (Fsp3) is 0.231. The maximum atomic E-state index is 5.62. The van der Waals surface area contributed by atoms with Gasteiger partial charge < -0.3 is 4.74 Å². The minimum atomic E-state index is 0.434. The number of hydrogen-bond donors (Lipinski definition) is 0. The zero-order valence-corrected chi connectivity index (χ0v) is 9.46. The number of para-hydroxylation sites is 1. The molecular weight excluding hydrogens is 208 g/mol. The molecule has 1 nitrogen and oxygen atoms in total. The van der Waals surface area contributed by atoms with Crippen molar-refractivity contribution in [1.82, 2.24) is 0 Å². The molecule has 0 amide bonds. The predicted molar refractivity (Wildman–Crippen MR) is 65.7 cm³/mol. The molecule has 15 heavy (non-hydrogen) atoms. The van der Waals surface area contributed by atoms with Crippen molar-refractivity contribution in [2.75, 3.05) is 12.5 Å². The smallest absolute Gasteiger partial charge is 0.123 e. The monoisotopic (exact) mass is 222 g/mol. The van der Waals surface area contributed by atoms with Crippen molar-refractivity contribution < 1.29 is 4.74 Å². The molecule has 0 N–H and O–H groups in total. The Labute approximate surface area is 96.0 Å². The molecule has 0 bridgehead atoms. The van der Waals surface area contributed by atoms with Crippen LogP contribution in [0.15, 0.2) is 49.1 Å². The van der Waals surface area contributed by atoms with Gasteiger partial charge in [-0.25, -0.2) is 0 Å². The van der Waals surface area contributed by atoms with Crippen molar-refractivity contribution in [2.45, 2.75) is 6.42 Å². The van der Waals surface area contributed by atoms with Crippen LogP contribution in [0.25, 0.3) is 0 Å². The third-order valence-corrected chi connectivity index (χ3v) is 2.34. The highest BCUT2D eigenvalue weighted by atomic mass is 35.5. The van der Waals surface area contributed by atoms with Crippen molar-refractivity contribution in [3.8, 4) is 5.75 Å². The number of hydrogen-bond acceptors (Lipinski definition) is 1. The largest absolute Gasteiger partial charge is 0.489 e. The Morgan fingerprint density at radius 1 is 1.40 bits per heavy atom. The van der Waals surface area contributed by atoms with E-state index in [1.165, 1.54) is 0 Å². The van der Waals surface area contributed by atoms with Crippen LogP contribution in [-0.4, -0.2) is 12.5 Å². The first-order valence-corrected chi connectivity index (χ1v) is 5.35. The lowest BCUT2D eigenvalue weighted by atomic mass is 10.1. The van der Waals surface area contributed by atoms with E-state index in [1.54, 1.807) is 0 Å². The van der Waals surface area contributed by atoms with E-state index >= 15 is 0 Å². The van der Waals surface area contributed by atoms with E-state index in [0.717, 1.165) is 23.3 Å². The quantitative estimate of drug-likeness (QED) is 0.528. The fourth-order valence-corrected chi connectivity index (χ4v) is 1.26. The molecular formula is C13H15ClO. The molecule has 0 fully saturated rings. The summed E-state index contributed by atoms with van der Waals surface area (Å²) in [4.78, 5) is 0. The summed E-state index contributed by atoms with van der Waals surface area (Å²) < 4.78 is 5.61. The van der Waals surface area contributed by atoms with E-state index in [2.05, 4.69) is 13.2 Å². The van der Waals surface area contributed by atoms with Crippen LogP contribution in [0.2, 0.25) is 0 Å². The highest BCUT2D eigenvalue weighted by Gasteiger charge is 2.01. The average Bonchev–Trinajstić information content (AvgIpc) is 2.28. The molecule has 0 aliphatic heterocycles. The summed E-state index contributed by atoms with van der Waals surface area (Å²) in [7, 11) is 0. The minimum absolute atomic E-state index is 0.434. The van der Waals surface area contributed by atoms with Gasteiger partial charge in [0.2, 0.25) is 0 Å². The number of alkyl halides is 1. The Hall–Kier alpha value is -1.21. The van der Waals surface area contributed by atoms with Crippen molar-refractivity contribution >= 4 is 11.6 Å². The van der Waals surface area contributed by atoms with Gasteiger partial charge in [-0.1, -0.05) is 30.9 Å². The Morgan fingerprint density at radius 2 is 2.13 bits per heavy atom. The van der Waals surface area contributed by atoms with E-state index in [-0.39, 0.29) is 0 Å². The van der Waals surface area contributed by atoms with Gasteiger partial charge in [0.25, 0.3) is 0 Å². The third kappa shape index (κ3) is 3.80. The molecule has 0 spiro atoms. The van der Waals surface area contributed by atoms with Crippen molar-refractivity contribution in [2.24, 2.45) is 0 Å². The summed E-state index contributed by atoms with van der Waals surface area (Å²) in [6, 6.07) is 7.91. The lowest BCUT2D eigenvalue weighted by Crippen LogP contribution is -2.03. The molecule has 80 valence electrons. The van der Waals surface area contributed by atoms with Crippen molar-refractivity contribution in [3.05, 3.63) is 54.6 Å². The standard InChI is InChI=1S/C13H15ClO/c1-3-6-12-7-4-5-8-13(12)15-10-11(2)9-14/h3-5,7-8H,1-2,6,9-10H2. The molecule has 0 aliphatic carbocycles. The van der Waals surface area contributed by atoms with Gasteiger partial charge in [-0.3, -0.25) is 0 Å². The number of halogens is 1. The van der Waals surface area contributed by atoms with Gasteiger partial charge in [0.15, 0.2) is 0 Å². The van der Waals surface area contributed by atoms with E-state index in [4.69, 9.17) is 16.3 Å². The molecule has 0 unspecified atom stereocenters. The molecule has 0 atom stereocenters. The summed E-state index contributed by atoms with van der Waals surface area (Å²) in [5.41, 5.74) is 2.01. The first-order valence-electron chi connectivity index (χ1n) is 4.82. The number of rotatable bonds is 6. The Kier molecular flexibility index (Phi) is 4.99. The second kappa shape index (κ2) is 6.31. The average molecular weight is 223 g/mol. The van der Waals surface area contributed by atoms with Gasteiger partial charge in [-0.15, -0.1) is 18.2 Å². The van der Waals surface area contributed by atoms with Gasteiger partial charge >= 0.3 is 0 Å². The van der Waals surface area contributed by atoms with Gasteiger partial charge in [0, 0.05) is 5.88 Å². The van der Waals surface area contributed by atoms with Crippen LogP contribution in [0.1, 0.15) is 5.56 Å². The second-order valence-electron chi connectivity index (χ2n) is 3.27. The van der Waals surface area contributed by atoms with Crippen LogP contribution in [0.4, 0.5) is 0 Å². The van der Waals surface area contributed by atoms with Crippen LogP contribution in [0, 0.1) is 0 Å². The topological polar surface area (TPSA) is 9.23 Å². The highest BCUT2D eigenvalue weighted by Crippen LogP contribution is 2.19. The van der Waals surface area contributed by atoms with Crippen molar-refractivity contribution in [1.29, 1.82) is 0 Å². The van der Waals surface area contributed by atoms with E-state index < -0.39 is 0 Å². The maximum Gasteiger partial charge on any atom is 0.123 e. The lowest BCUT2D eigenvalue weighted by Gasteiger charge is -2.10. The molecule has 1 aromatic carbocycles. The first kappa shape index (κ1) is 11.9. The number of ether oxygens (including phenoxy) is 1. The van der Waals surface area contributed by atoms with Gasteiger partial charge in [0.05, 0.1) is 0 Å². The summed E-state index contributed by atoms with van der Waals surface area (Å²) in [6.45, 7) is 7.97. The lowest BCUT2D eigenvalue weighted by molar-refractivity contribution is 0.350. The fourth-order valence-electron chi connectivity index (χ4n) is 1.19. The highest BCUT2D eigenvalue weighted by molar-refractivity contribution is 6.19. The van der Waals surface area contributed by atoms with E-state index in [1.807, 2.05) is 30.3 Å². The normalized spacial score (nSPS) is 9.67. The molecule has 1 rings (SSSR count). The maximum absolute atomic E-state index is 5.62. The minimum Gasteiger partial charge on any atom is -0.489 e. The zero-order valence-electron chi connectivity index (χ0n) is 8.71. The SMILES string of the molecule is C=CCc1ccccc1OCC(=C)CCl. The Bertz CT molecular complexity index is 344. The summed E-state index contributed by atoms with van der Waals surface area (Å²) in [6.07, 6.45) is 2.67. The number of allylic oxidation sites excluding steroid dienone is 1. The Morgan fingerprint density at radius 3 is 2.80 bits per heavy atom. The molecule has 0 heterocycles. The molecule has 0 saturated carbocycles. The summed E-state index contributed by atoms with van der Waals surface area (Å²) in [5, 5.41) is 0. The third-order valence-electron chi connectivity index (χ3n) is 1.96. The predicted octanol–water partition coefficient (Wildman–Crippen LogP) is 3.59. The van der Waals surface area contributed by atoms with Crippen LogP contribution in [-0.2, 0) is 6.42 Å². The molecule has 0 aliphatic rings. The van der Waals surface area contributed by atoms with Gasteiger partial charge in [-0.2, -0.15) is 0 Å². The summed E-state index contributed by atoms with van der Waals surface area (Å²) in [5.74, 6) is 1.31. The molecule has 2 heteroatoms.